The van der Waals surface area contributed by atoms with Crippen molar-refractivity contribution in [2.45, 2.75) is 6.92 Å². The topological polar surface area (TPSA) is 50.9 Å². The van der Waals surface area contributed by atoms with E-state index in [1.807, 2.05) is 18.2 Å². The fourth-order valence-electron chi connectivity index (χ4n) is 1.33. The maximum Gasteiger partial charge on any atom is 0.125 e. The molecule has 0 atom stereocenters. The fourth-order valence-corrected chi connectivity index (χ4v) is 1.33. The minimum atomic E-state index is 0.520. The molecule has 15 heavy (non-hydrogen) atoms. The number of pyridine rings is 1. The third kappa shape index (κ3) is 2.47. The number of anilines is 3. The van der Waals surface area contributed by atoms with Gasteiger partial charge in [-0.15, -0.1) is 0 Å². The van der Waals surface area contributed by atoms with Gasteiger partial charge in [-0.25, -0.2) is 4.98 Å². The van der Waals surface area contributed by atoms with Crippen molar-refractivity contribution in [3.05, 3.63) is 48.2 Å². The summed E-state index contributed by atoms with van der Waals surface area (Å²) < 4.78 is 0. The normalized spacial score (nSPS) is 9.93. The third-order valence-corrected chi connectivity index (χ3v) is 2.12. The van der Waals surface area contributed by atoms with Crippen LogP contribution in [0.5, 0.6) is 0 Å². The monoisotopic (exact) mass is 199 g/mol. The Bertz CT molecular complexity index is 449. The standard InChI is InChI=1S/C12H13N3/c1-9-2-4-10(5-3-9)15-11-6-7-14-12(13)8-11/h2-8H,1H3,(H3,13,14,15). The Kier molecular flexibility index (Phi) is 2.54. The van der Waals surface area contributed by atoms with Crippen molar-refractivity contribution in [2.75, 3.05) is 11.1 Å². The quantitative estimate of drug-likeness (QED) is 0.781. The first kappa shape index (κ1) is 9.52. The van der Waals surface area contributed by atoms with E-state index in [9.17, 15) is 0 Å². The summed E-state index contributed by atoms with van der Waals surface area (Å²) in [7, 11) is 0. The van der Waals surface area contributed by atoms with Crippen molar-refractivity contribution in [1.82, 2.24) is 4.98 Å². The molecule has 1 aromatic heterocycles. The number of rotatable bonds is 2. The van der Waals surface area contributed by atoms with E-state index in [0.29, 0.717) is 5.82 Å². The predicted octanol–water partition coefficient (Wildman–Crippen LogP) is 2.72. The van der Waals surface area contributed by atoms with Gasteiger partial charge in [0.1, 0.15) is 5.82 Å². The zero-order chi connectivity index (χ0) is 10.7. The highest BCUT2D eigenvalue weighted by molar-refractivity contribution is 5.61. The van der Waals surface area contributed by atoms with Crippen LogP contribution in [0.25, 0.3) is 0 Å². The van der Waals surface area contributed by atoms with E-state index < -0.39 is 0 Å². The Balaban J connectivity index is 2.18. The molecule has 0 radical (unpaired) electrons. The van der Waals surface area contributed by atoms with Gasteiger partial charge in [0.2, 0.25) is 0 Å². The van der Waals surface area contributed by atoms with Gasteiger partial charge in [-0.3, -0.25) is 0 Å². The Morgan fingerprint density at radius 2 is 1.80 bits per heavy atom. The molecule has 2 rings (SSSR count). The summed E-state index contributed by atoms with van der Waals surface area (Å²) in [5, 5.41) is 3.25. The molecular formula is C12H13N3. The van der Waals surface area contributed by atoms with Crippen molar-refractivity contribution in [3.63, 3.8) is 0 Å². The minimum Gasteiger partial charge on any atom is -0.384 e. The molecule has 0 aliphatic carbocycles. The Labute approximate surface area is 89.0 Å². The number of nitrogens with one attached hydrogen (secondary N) is 1. The number of nitrogens with two attached hydrogens (primary N) is 1. The lowest BCUT2D eigenvalue weighted by Gasteiger charge is -2.06. The largest absolute Gasteiger partial charge is 0.384 e. The molecule has 0 bridgehead atoms. The summed E-state index contributed by atoms with van der Waals surface area (Å²) in [6.07, 6.45) is 1.69. The van der Waals surface area contributed by atoms with Gasteiger partial charge < -0.3 is 11.1 Å². The summed E-state index contributed by atoms with van der Waals surface area (Å²) in [5.74, 6) is 0.520. The molecule has 3 heteroatoms. The second-order valence-electron chi connectivity index (χ2n) is 3.46. The van der Waals surface area contributed by atoms with Crippen molar-refractivity contribution in [3.8, 4) is 0 Å². The highest BCUT2D eigenvalue weighted by atomic mass is 14.9. The van der Waals surface area contributed by atoms with Crippen LogP contribution in [0.1, 0.15) is 5.56 Å². The van der Waals surface area contributed by atoms with Gasteiger partial charge in [-0.1, -0.05) is 17.7 Å². The average molecular weight is 199 g/mol. The number of aromatic nitrogens is 1. The Morgan fingerprint density at radius 3 is 2.47 bits per heavy atom. The summed E-state index contributed by atoms with van der Waals surface area (Å²) in [6.45, 7) is 2.06. The number of benzene rings is 1. The molecule has 76 valence electrons. The summed E-state index contributed by atoms with van der Waals surface area (Å²) in [5.41, 5.74) is 8.83. The van der Waals surface area contributed by atoms with E-state index in [-0.39, 0.29) is 0 Å². The molecule has 0 spiro atoms. The molecule has 0 saturated heterocycles. The molecule has 0 aliphatic rings. The van der Waals surface area contributed by atoms with Gasteiger partial charge >= 0.3 is 0 Å². The molecule has 0 aliphatic heterocycles. The number of aryl methyl sites for hydroxylation is 1. The third-order valence-electron chi connectivity index (χ3n) is 2.12. The maximum atomic E-state index is 5.59. The van der Waals surface area contributed by atoms with Crippen molar-refractivity contribution >= 4 is 17.2 Å². The SMILES string of the molecule is Cc1ccc(Nc2ccnc(N)c2)cc1. The molecule has 1 aromatic carbocycles. The molecule has 0 fully saturated rings. The van der Waals surface area contributed by atoms with E-state index in [0.717, 1.165) is 11.4 Å². The van der Waals surface area contributed by atoms with E-state index in [2.05, 4.69) is 29.4 Å². The zero-order valence-electron chi connectivity index (χ0n) is 8.57. The van der Waals surface area contributed by atoms with Gasteiger partial charge in [-0.2, -0.15) is 0 Å². The first-order valence-corrected chi connectivity index (χ1v) is 4.79. The average Bonchev–Trinajstić information content (AvgIpc) is 2.22. The first-order chi connectivity index (χ1) is 7.24. The van der Waals surface area contributed by atoms with Crippen LogP contribution in [0.3, 0.4) is 0 Å². The van der Waals surface area contributed by atoms with Crippen LogP contribution in [-0.4, -0.2) is 4.98 Å². The van der Waals surface area contributed by atoms with Gasteiger partial charge in [0, 0.05) is 23.6 Å². The predicted molar refractivity (Wildman–Crippen MR) is 63.1 cm³/mol. The lowest BCUT2D eigenvalue weighted by Crippen LogP contribution is -1.94. The second-order valence-corrected chi connectivity index (χ2v) is 3.46. The van der Waals surface area contributed by atoms with Crippen LogP contribution in [0.2, 0.25) is 0 Å². The highest BCUT2D eigenvalue weighted by Gasteiger charge is 1.95. The Hall–Kier alpha value is -2.03. The number of hydrogen-bond donors (Lipinski definition) is 2. The zero-order valence-corrected chi connectivity index (χ0v) is 8.57. The van der Waals surface area contributed by atoms with Gasteiger partial charge in [0.05, 0.1) is 0 Å². The molecule has 2 aromatic rings. The van der Waals surface area contributed by atoms with E-state index in [4.69, 9.17) is 5.73 Å². The van der Waals surface area contributed by atoms with Crippen LogP contribution < -0.4 is 11.1 Å². The van der Waals surface area contributed by atoms with Crippen LogP contribution in [0.15, 0.2) is 42.6 Å². The van der Waals surface area contributed by atoms with Crippen molar-refractivity contribution in [2.24, 2.45) is 0 Å². The van der Waals surface area contributed by atoms with E-state index >= 15 is 0 Å². The molecule has 0 unspecified atom stereocenters. The van der Waals surface area contributed by atoms with Crippen molar-refractivity contribution in [1.29, 1.82) is 0 Å². The van der Waals surface area contributed by atoms with Crippen LogP contribution in [-0.2, 0) is 0 Å². The molecule has 1 heterocycles. The Morgan fingerprint density at radius 1 is 1.07 bits per heavy atom. The second kappa shape index (κ2) is 4.00. The summed E-state index contributed by atoms with van der Waals surface area (Å²) in [4.78, 5) is 3.93. The van der Waals surface area contributed by atoms with Crippen LogP contribution in [0.4, 0.5) is 17.2 Å². The van der Waals surface area contributed by atoms with Gasteiger partial charge in [0.15, 0.2) is 0 Å². The molecule has 0 saturated carbocycles. The van der Waals surface area contributed by atoms with E-state index in [1.54, 1.807) is 12.3 Å². The van der Waals surface area contributed by atoms with Crippen LogP contribution in [0, 0.1) is 6.92 Å². The van der Waals surface area contributed by atoms with Gasteiger partial charge in [-0.05, 0) is 25.1 Å². The highest BCUT2D eigenvalue weighted by Crippen LogP contribution is 2.17. The lowest BCUT2D eigenvalue weighted by atomic mass is 10.2. The lowest BCUT2D eigenvalue weighted by molar-refractivity contribution is 1.33. The smallest absolute Gasteiger partial charge is 0.125 e. The molecule has 3 N–H and O–H groups in total. The van der Waals surface area contributed by atoms with E-state index in [1.165, 1.54) is 5.56 Å². The van der Waals surface area contributed by atoms with Gasteiger partial charge in [0.25, 0.3) is 0 Å². The fraction of sp³-hybridized carbons (Fsp3) is 0.0833. The molecule has 3 nitrogen and oxygen atoms in total. The maximum absolute atomic E-state index is 5.59. The van der Waals surface area contributed by atoms with Crippen LogP contribution >= 0.6 is 0 Å². The minimum absolute atomic E-state index is 0.520. The molecule has 0 amide bonds. The first-order valence-electron chi connectivity index (χ1n) is 4.79. The molecular weight excluding hydrogens is 186 g/mol. The van der Waals surface area contributed by atoms with Crippen molar-refractivity contribution < 1.29 is 0 Å². The number of hydrogen-bond acceptors (Lipinski definition) is 3. The number of nitrogen functional groups attached to an aromatic ring is 1. The number of nitrogens with zero attached hydrogens (tertiary/aromatic N) is 1. The summed E-state index contributed by atoms with van der Waals surface area (Å²) >= 11 is 0. The summed E-state index contributed by atoms with van der Waals surface area (Å²) in [6, 6.07) is 11.9.